The summed E-state index contributed by atoms with van der Waals surface area (Å²) in [5, 5.41) is 0.254. The number of nitrogens with two attached hydrogens (primary N) is 1. The quantitative estimate of drug-likeness (QED) is 0.882. The lowest BCUT2D eigenvalue weighted by Gasteiger charge is -2.14. The molecule has 23 heavy (non-hydrogen) atoms. The van der Waals surface area contributed by atoms with Crippen molar-refractivity contribution in [3.63, 3.8) is 0 Å². The Bertz CT molecular complexity index is 898. The van der Waals surface area contributed by atoms with Gasteiger partial charge < -0.3 is 5.73 Å². The Labute approximate surface area is 138 Å². The van der Waals surface area contributed by atoms with Crippen molar-refractivity contribution < 1.29 is 17.6 Å². The van der Waals surface area contributed by atoms with Gasteiger partial charge in [-0.2, -0.15) is 0 Å². The number of primary amides is 1. The lowest BCUT2D eigenvalue weighted by molar-refractivity contribution is 0.1000. The molecule has 0 radical (unpaired) electrons. The number of halogens is 2. The summed E-state index contributed by atoms with van der Waals surface area (Å²) < 4.78 is 41.2. The second-order valence-corrected chi connectivity index (χ2v) is 7.10. The van der Waals surface area contributed by atoms with Crippen LogP contribution in [0.2, 0.25) is 5.02 Å². The summed E-state index contributed by atoms with van der Waals surface area (Å²) in [6, 6.07) is 6.57. The minimum absolute atomic E-state index is 0.0331. The normalized spacial score (nSPS) is 11.3. The van der Waals surface area contributed by atoms with Crippen LogP contribution in [0, 0.1) is 19.7 Å². The van der Waals surface area contributed by atoms with Crippen LogP contribution >= 0.6 is 11.6 Å². The Balaban J connectivity index is 2.53. The summed E-state index contributed by atoms with van der Waals surface area (Å²) in [6.07, 6.45) is 0. The van der Waals surface area contributed by atoms with Crippen molar-refractivity contribution in [3.05, 3.63) is 57.9 Å². The molecule has 1 amide bonds. The summed E-state index contributed by atoms with van der Waals surface area (Å²) in [6.45, 7) is 3.00. The van der Waals surface area contributed by atoms with Crippen LogP contribution in [0.1, 0.15) is 21.5 Å². The second-order valence-electron chi connectivity index (χ2n) is 5.01. The number of anilines is 1. The van der Waals surface area contributed by atoms with E-state index in [0.29, 0.717) is 5.56 Å². The monoisotopic (exact) mass is 356 g/mol. The first-order valence-corrected chi connectivity index (χ1v) is 8.37. The maximum Gasteiger partial charge on any atom is 0.262 e. The van der Waals surface area contributed by atoms with Crippen molar-refractivity contribution in [1.29, 1.82) is 0 Å². The summed E-state index contributed by atoms with van der Waals surface area (Å²) in [7, 11) is -4.00. The average Bonchev–Trinajstić information content (AvgIpc) is 2.45. The Morgan fingerprint density at radius 2 is 1.87 bits per heavy atom. The van der Waals surface area contributed by atoms with E-state index in [1.165, 1.54) is 19.1 Å². The van der Waals surface area contributed by atoms with Crippen LogP contribution in [0.5, 0.6) is 0 Å². The first-order valence-electron chi connectivity index (χ1n) is 6.51. The molecule has 2 aromatic carbocycles. The van der Waals surface area contributed by atoms with E-state index < -0.39 is 21.7 Å². The number of sulfonamides is 1. The largest absolute Gasteiger partial charge is 0.366 e. The third kappa shape index (κ3) is 3.62. The molecule has 0 aromatic heterocycles. The molecule has 5 nitrogen and oxygen atoms in total. The molecule has 2 aromatic rings. The molecule has 0 unspecified atom stereocenters. The predicted octanol–water partition coefficient (Wildman–Crippen LogP) is 3.00. The van der Waals surface area contributed by atoms with E-state index >= 15 is 0 Å². The van der Waals surface area contributed by atoms with Crippen molar-refractivity contribution in [2.24, 2.45) is 5.73 Å². The Kier molecular flexibility index (Phi) is 4.63. The highest BCUT2D eigenvalue weighted by Crippen LogP contribution is 2.26. The lowest BCUT2D eigenvalue weighted by atomic mass is 10.1. The number of carbonyl (C=O) groups is 1. The van der Waals surface area contributed by atoms with E-state index in [0.717, 1.165) is 6.07 Å². The lowest BCUT2D eigenvalue weighted by Crippen LogP contribution is -2.17. The fourth-order valence-corrected chi connectivity index (χ4v) is 3.61. The van der Waals surface area contributed by atoms with E-state index in [1.807, 2.05) is 0 Å². The minimum atomic E-state index is -4.00. The molecule has 8 heteroatoms. The third-order valence-corrected chi connectivity index (χ3v) is 5.06. The van der Waals surface area contributed by atoms with Crippen LogP contribution in [0.15, 0.2) is 35.2 Å². The molecule has 0 fully saturated rings. The molecule has 0 aliphatic carbocycles. The Morgan fingerprint density at radius 3 is 2.48 bits per heavy atom. The molecule has 0 heterocycles. The number of benzene rings is 2. The van der Waals surface area contributed by atoms with Gasteiger partial charge in [0.1, 0.15) is 5.82 Å². The standard InChI is InChI=1S/C15H14ClFN2O3S/c1-8-3-4-11(16)7-14(8)23(21,22)19-13-6-10(15(18)20)5-12(17)9(13)2/h3-7,19H,1-2H3,(H2,18,20). The van der Waals surface area contributed by atoms with Gasteiger partial charge in [0, 0.05) is 16.1 Å². The van der Waals surface area contributed by atoms with Crippen molar-refractivity contribution >= 4 is 33.2 Å². The first-order chi connectivity index (χ1) is 10.6. The minimum Gasteiger partial charge on any atom is -0.366 e. The van der Waals surface area contributed by atoms with Crippen molar-refractivity contribution in [2.45, 2.75) is 18.7 Å². The molecular formula is C15H14ClFN2O3S. The maximum absolute atomic E-state index is 13.9. The fraction of sp³-hybridized carbons (Fsp3) is 0.133. The molecule has 0 spiro atoms. The smallest absolute Gasteiger partial charge is 0.262 e. The highest BCUT2D eigenvalue weighted by Gasteiger charge is 2.20. The molecule has 122 valence electrons. The summed E-state index contributed by atoms with van der Waals surface area (Å²) >= 11 is 5.84. The number of nitrogens with one attached hydrogen (secondary N) is 1. The molecular weight excluding hydrogens is 343 g/mol. The molecule has 2 rings (SSSR count). The third-order valence-electron chi connectivity index (χ3n) is 3.31. The number of hydrogen-bond donors (Lipinski definition) is 2. The van der Waals surface area contributed by atoms with E-state index in [4.69, 9.17) is 17.3 Å². The first kappa shape index (κ1) is 17.2. The average molecular weight is 357 g/mol. The van der Waals surface area contributed by atoms with Crippen LogP contribution in [0.25, 0.3) is 0 Å². The highest BCUT2D eigenvalue weighted by molar-refractivity contribution is 7.92. The van der Waals surface area contributed by atoms with Crippen molar-refractivity contribution in [2.75, 3.05) is 4.72 Å². The molecule has 0 aliphatic heterocycles. The van der Waals surface area contributed by atoms with Gasteiger partial charge in [0.2, 0.25) is 5.91 Å². The zero-order valence-corrected chi connectivity index (χ0v) is 13.9. The molecule has 0 atom stereocenters. The molecule has 3 N–H and O–H groups in total. The van der Waals surface area contributed by atoms with Crippen LogP contribution < -0.4 is 10.5 Å². The van der Waals surface area contributed by atoms with E-state index in [2.05, 4.69) is 4.72 Å². The van der Waals surface area contributed by atoms with Gasteiger partial charge in [0.05, 0.1) is 10.6 Å². The topological polar surface area (TPSA) is 89.3 Å². The number of rotatable bonds is 4. The number of aryl methyl sites for hydroxylation is 1. The highest BCUT2D eigenvalue weighted by atomic mass is 35.5. The van der Waals surface area contributed by atoms with Gasteiger partial charge >= 0.3 is 0 Å². The zero-order chi connectivity index (χ0) is 17.4. The maximum atomic E-state index is 13.9. The van der Waals surface area contributed by atoms with Crippen LogP contribution in [0.4, 0.5) is 10.1 Å². The van der Waals surface area contributed by atoms with Gasteiger partial charge in [-0.25, -0.2) is 12.8 Å². The van der Waals surface area contributed by atoms with E-state index in [-0.39, 0.29) is 26.7 Å². The number of carbonyl (C=O) groups excluding carboxylic acids is 1. The van der Waals surface area contributed by atoms with Crippen LogP contribution in [-0.2, 0) is 10.0 Å². The predicted molar refractivity (Wildman–Crippen MR) is 86.7 cm³/mol. The summed E-state index contributed by atoms with van der Waals surface area (Å²) in [5.41, 5.74) is 5.46. The SMILES string of the molecule is Cc1ccc(Cl)cc1S(=O)(=O)Nc1cc(C(N)=O)cc(F)c1C. The molecule has 0 saturated carbocycles. The zero-order valence-electron chi connectivity index (χ0n) is 12.4. The van der Waals surface area contributed by atoms with Crippen molar-refractivity contribution in [3.8, 4) is 0 Å². The molecule has 0 saturated heterocycles. The Morgan fingerprint density at radius 1 is 1.22 bits per heavy atom. The number of hydrogen-bond acceptors (Lipinski definition) is 3. The van der Waals surface area contributed by atoms with Gasteiger partial charge in [-0.1, -0.05) is 17.7 Å². The Hall–Kier alpha value is -2.12. The number of amides is 1. The van der Waals surface area contributed by atoms with Crippen LogP contribution in [0.3, 0.4) is 0 Å². The summed E-state index contributed by atoms with van der Waals surface area (Å²) in [4.78, 5) is 11.2. The second kappa shape index (κ2) is 6.17. The van der Waals surface area contributed by atoms with E-state index in [1.54, 1.807) is 19.1 Å². The van der Waals surface area contributed by atoms with Gasteiger partial charge in [-0.15, -0.1) is 0 Å². The van der Waals surface area contributed by atoms with Crippen LogP contribution in [-0.4, -0.2) is 14.3 Å². The van der Waals surface area contributed by atoms with Gasteiger partial charge in [0.25, 0.3) is 10.0 Å². The van der Waals surface area contributed by atoms with E-state index in [9.17, 15) is 17.6 Å². The van der Waals surface area contributed by atoms with Gasteiger partial charge in [0.15, 0.2) is 0 Å². The van der Waals surface area contributed by atoms with Gasteiger partial charge in [-0.05, 0) is 43.7 Å². The molecule has 0 aliphatic rings. The molecule has 0 bridgehead atoms. The van der Waals surface area contributed by atoms with Crippen molar-refractivity contribution in [1.82, 2.24) is 0 Å². The fourth-order valence-electron chi connectivity index (χ4n) is 1.99. The summed E-state index contributed by atoms with van der Waals surface area (Å²) in [5.74, 6) is -1.59. The van der Waals surface area contributed by atoms with Gasteiger partial charge in [-0.3, -0.25) is 9.52 Å².